The van der Waals surface area contributed by atoms with Gasteiger partial charge in [-0.3, -0.25) is 4.79 Å². The van der Waals surface area contributed by atoms with Gasteiger partial charge in [0.15, 0.2) is 5.60 Å². The van der Waals surface area contributed by atoms with Gasteiger partial charge in [0.25, 0.3) is 5.91 Å². The van der Waals surface area contributed by atoms with Crippen LogP contribution in [0.15, 0.2) is 30.3 Å². The number of ether oxygens (including phenoxy) is 2. The van der Waals surface area contributed by atoms with Crippen molar-refractivity contribution < 1.29 is 32.5 Å². The molecule has 0 bridgehead atoms. The van der Waals surface area contributed by atoms with Crippen LogP contribution in [0, 0.1) is 12.7 Å². The maximum Gasteiger partial charge on any atom is 0.303 e. The minimum absolute atomic E-state index is 0.0211. The number of fused-ring (bicyclic) bond motifs is 2. The highest BCUT2D eigenvalue weighted by atomic mass is 19.3. The van der Waals surface area contributed by atoms with Crippen molar-refractivity contribution in [1.82, 2.24) is 9.97 Å². The van der Waals surface area contributed by atoms with Gasteiger partial charge in [-0.25, -0.2) is 14.4 Å². The topological polar surface area (TPSA) is 96.8 Å². The van der Waals surface area contributed by atoms with E-state index in [2.05, 4.69) is 15.3 Å². The van der Waals surface area contributed by atoms with Crippen LogP contribution in [0.3, 0.4) is 0 Å². The average molecular weight is 547 g/mol. The molecule has 1 aliphatic heterocycles. The Balaban J connectivity index is 1.80. The molecule has 0 saturated heterocycles. The van der Waals surface area contributed by atoms with Crippen molar-refractivity contribution in [3.8, 4) is 0 Å². The molecule has 3 aromatic rings. The van der Waals surface area contributed by atoms with E-state index in [1.807, 2.05) is 0 Å². The Labute approximate surface area is 225 Å². The first-order chi connectivity index (χ1) is 18.2. The largest absolute Gasteiger partial charge is 0.385 e. The van der Waals surface area contributed by atoms with Gasteiger partial charge in [0.1, 0.15) is 23.1 Å². The Morgan fingerprint density at radius 3 is 2.51 bits per heavy atom. The first kappa shape index (κ1) is 28.7. The van der Waals surface area contributed by atoms with Gasteiger partial charge in [-0.1, -0.05) is 12.1 Å². The number of halogens is 3. The van der Waals surface area contributed by atoms with E-state index in [0.29, 0.717) is 46.8 Å². The summed E-state index contributed by atoms with van der Waals surface area (Å²) in [7, 11) is 4.67. The van der Waals surface area contributed by atoms with Crippen LogP contribution in [-0.2, 0) is 25.8 Å². The Morgan fingerprint density at radius 2 is 1.90 bits per heavy atom. The Morgan fingerprint density at radius 1 is 1.21 bits per heavy atom. The number of likely N-dealkylation sites (N-methyl/N-ethyl adjacent to an activating group) is 1. The van der Waals surface area contributed by atoms with E-state index in [1.54, 1.807) is 40.1 Å². The second kappa shape index (κ2) is 10.0. The number of rotatable bonds is 9. The first-order valence-corrected chi connectivity index (χ1v) is 12.5. The molecule has 2 aromatic carbocycles. The molecule has 1 amide bonds. The van der Waals surface area contributed by atoms with Crippen LogP contribution >= 0.6 is 0 Å². The predicted octanol–water partition coefficient (Wildman–Crippen LogP) is 4.97. The molecule has 0 radical (unpaired) electrons. The maximum absolute atomic E-state index is 15.4. The monoisotopic (exact) mass is 546 g/mol. The van der Waals surface area contributed by atoms with Crippen molar-refractivity contribution in [1.29, 1.82) is 0 Å². The van der Waals surface area contributed by atoms with Crippen LogP contribution < -0.4 is 10.2 Å². The van der Waals surface area contributed by atoms with Crippen molar-refractivity contribution in [2.24, 2.45) is 0 Å². The normalized spacial score (nSPS) is 18.5. The van der Waals surface area contributed by atoms with Gasteiger partial charge < -0.3 is 24.8 Å². The summed E-state index contributed by atoms with van der Waals surface area (Å²) in [5.41, 5.74) is -2.84. The highest BCUT2D eigenvalue weighted by Crippen LogP contribution is 2.47. The van der Waals surface area contributed by atoms with E-state index in [-0.39, 0.29) is 11.5 Å². The third kappa shape index (κ3) is 4.62. The van der Waals surface area contributed by atoms with Gasteiger partial charge in [-0.2, -0.15) is 8.78 Å². The van der Waals surface area contributed by atoms with E-state index in [0.717, 1.165) is 19.9 Å². The number of hydrogen-bond acceptors (Lipinski definition) is 7. The number of carbonyl (C=O) groups is 1. The molecule has 1 aromatic heterocycles. The van der Waals surface area contributed by atoms with Gasteiger partial charge in [-0.05, 0) is 45.9 Å². The molecule has 11 heteroatoms. The summed E-state index contributed by atoms with van der Waals surface area (Å²) in [6, 6.07) is 6.45. The standard InChI is InChI=1S/C28H33F3N4O4/c1-15(17-9-8-10-19(23(17)29)28(30,31)26(3,4)37)32-24-18-13-22-20(14-21(18)33-16(2)34-24)27(39-7,11-12-38-6)25(36)35(22)5/h8-10,13-15,37H,11-12H2,1-7H3,(H,32,33,34). The summed E-state index contributed by atoms with van der Waals surface area (Å²) in [4.78, 5) is 23.9. The lowest BCUT2D eigenvalue weighted by Crippen LogP contribution is -2.41. The summed E-state index contributed by atoms with van der Waals surface area (Å²) in [5, 5.41) is 13.7. The lowest BCUT2D eigenvalue weighted by atomic mass is 9.90. The van der Waals surface area contributed by atoms with Crippen molar-refractivity contribution in [3.63, 3.8) is 0 Å². The quantitative estimate of drug-likeness (QED) is 0.391. The smallest absolute Gasteiger partial charge is 0.303 e. The molecule has 0 spiro atoms. The van der Waals surface area contributed by atoms with Gasteiger partial charge >= 0.3 is 5.92 Å². The van der Waals surface area contributed by atoms with E-state index in [1.165, 1.54) is 24.1 Å². The zero-order chi connectivity index (χ0) is 28.9. The molecule has 8 nitrogen and oxygen atoms in total. The van der Waals surface area contributed by atoms with E-state index >= 15 is 4.39 Å². The zero-order valence-corrected chi connectivity index (χ0v) is 23.0. The van der Waals surface area contributed by atoms with Crippen molar-refractivity contribution in [2.45, 2.75) is 57.3 Å². The summed E-state index contributed by atoms with van der Waals surface area (Å²) in [5.74, 6) is -4.42. The number of aromatic nitrogens is 2. The number of aryl methyl sites for hydroxylation is 1. The summed E-state index contributed by atoms with van der Waals surface area (Å²) < 4.78 is 56.1. The fraction of sp³-hybridized carbons (Fsp3) is 0.464. The number of amides is 1. The lowest BCUT2D eigenvalue weighted by molar-refractivity contribution is -0.170. The minimum Gasteiger partial charge on any atom is -0.385 e. The van der Waals surface area contributed by atoms with Crippen LogP contribution in [0.2, 0.25) is 0 Å². The van der Waals surface area contributed by atoms with Gasteiger partial charge in [0, 0.05) is 50.8 Å². The first-order valence-electron chi connectivity index (χ1n) is 12.5. The SMILES string of the molecule is COCCC1(OC)C(=O)N(C)c2cc3c(NC(C)c4cccc(C(F)(F)C(C)(C)O)c4F)nc(C)nc3cc21. The van der Waals surface area contributed by atoms with Crippen LogP contribution in [-0.4, -0.2) is 54.5 Å². The summed E-state index contributed by atoms with van der Waals surface area (Å²) in [6.45, 7) is 5.49. The molecule has 0 fully saturated rings. The molecule has 2 N–H and O–H groups in total. The number of methoxy groups -OCH3 is 2. The van der Waals surface area contributed by atoms with Gasteiger partial charge in [0.2, 0.25) is 0 Å². The summed E-state index contributed by atoms with van der Waals surface area (Å²) in [6.07, 6.45) is 0.304. The number of nitrogens with one attached hydrogen (secondary N) is 1. The molecule has 210 valence electrons. The van der Waals surface area contributed by atoms with Crippen LogP contribution in [0.4, 0.5) is 24.7 Å². The number of hydrogen-bond donors (Lipinski definition) is 2. The van der Waals surface area contributed by atoms with Crippen molar-refractivity contribution in [2.75, 3.05) is 38.1 Å². The van der Waals surface area contributed by atoms with E-state index in [9.17, 15) is 18.7 Å². The molecule has 2 unspecified atom stereocenters. The molecule has 4 rings (SSSR count). The highest BCUT2D eigenvalue weighted by molar-refractivity contribution is 6.09. The number of benzene rings is 2. The van der Waals surface area contributed by atoms with Gasteiger partial charge in [0.05, 0.1) is 22.8 Å². The number of alkyl halides is 2. The third-order valence-electron chi connectivity index (χ3n) is 7.33. The number of carbonyl (C=O) groups excluding carboxylic acids is 1. The Kier molecular flexibility index (Phi) is 7.39. The van der Waals surface area contributed by atoms with Crippen LogP contribution in [0.25, 0.3) is 10.9 Å². The number of nitrogens with zero attached hydrogens (tertiary/aromatic N) is 3. The molecule has 2 heterocycles. The minimum atomic E-state index is -3.82. The Bertz CT molecular complexity index is 1430. The number of anilines is 2. The molecule has 39 heavy (non-hydrogen) atoms. The predicted molar refractivity (Wildman–Crippen MR) is 141 cm³/mol. The van der Waals surface area contributed by atoms with Gasteiger partial charge in [-0.15, -0.1) is 0 Å². The molecule has 2 atom stereocenters. The third-order valence-corrected chi connectivity index (χ3v) is 7.33. The van der Waals surface area contributed by atoms with E-state index < -0.39 is 34.5 Å². The second-order valence-corrected chi connectivity index (χ2v) is 10.4. The fourth-order valence-corrected chi connectivity index (χ4v) is 5.01. The maximum atomic E-state index is 15.4. The van der Waals surface area contributed by atoms with E-state index in [4.69, 9.17) is 9.47 Å². The van der Waals surface area contributed by atoms with Crippen molar-refractivity contribution >= 4 is 28.3 Å². The van der Waals surface area contributed by atoms with Crippen LogP contribution in [0.5, 0.6) is 0 Å². The lowest BCUT2D eigenvalue weighted by Gasteiger charge is -2.30. The molecular formula is C28H33F3N4O4. The second-order valence-electron chi connectivity index (χ2n) is 10.4. The molecule has 0 aliphatic carbocycles. The zero-order valence-electron chi connectivity index (χ0n) is 23.0. The molecular weight excluding hydrogens is 513 g/mol. The Hall–Kier alpha value is -3.28. The average Bonchev–Trinajstić information content (AvgIpc) is 3.06. The number of aliphatic hydroxyl groups is 1. The van der Waals surface area contributed by atoms with Crippen molar-refractivity contribution in [3.05, 3.63) is 58.7 Å². The summed E-state index contributed by atoms with van der Waals surface area (Å²) >= 11 is 0. The molecule has 0 saturated carbocycles. The van der Waals surface area contributed by atoms with Crippen LogP contribution in [0.1, 0.15) is 55.7 Å². The molecule has 1 aliphatic rings. The highest BCUT2D eigenvalue weighted by Gasteiger charge is 2.51. The fourth-order valence-electron chi connectivity index (χ4n) is 5.01.